The SMILES string of the molecule is COCC1O[C@@H](O[C@H]2C(OC)C(OC)[C@@H](O[C@H]3C(OC)C(OC)[C@H](O[C@@H]4C(COS(=O)(=O)O)O[C@@H](O)C(OC)[C@H]4OC)O[C@H]3COC)O[C@H]2COC)C(OC)[C@@H](OC)[C@@H]1O[C@H]1OC(CNC(=O)CCCCC2SCC3NC(=O)NC32)[C@@H](O[C@@H]2O[C@@H](COS(=O)(=O)O)[C@@H](O[C@H]3O[C@@H](COS(=O)(=O)O)[C@@H](OSOOO)C(OSOOO)C3OSOOO)C(OSOOO)C2OS(=O)(=O)O)[C@H](OC)C1OC. The number of amides is 3. The molecule has 0 spiro atoms. The lowest BCUT2D eigenvalue weighted by Crippen LogP contribution is -2.69. The smallest absolute Gasteiger partial charge is 0.382 e. The van der Waals surface area contributed by atoms with Gasteiger partial charge in [0.25, 0.3) is 0 Å². The zero-order chi connectivity index (χ0) is 101. The summed E-state index contributed by atoms with van der Waals surface area (Å²) in [5.74, 6) is 0.00718. The van der Waals surface area contributed by atoms with Crippen molar-refractivity contribution in [3.8, 4) is 0 Å². The third kappa shape index (κ3) is 33.4. The fourth-order valence-corrected chi connectivity index (χ4v) is 21.2. The summed E-state index contributed by atoms with van der Waals surface area (Å²) in [6.07, 6.45) is -58.9. The van der Waals surface area contributed by atoms with E-state index in [4.69, 9.17) is 164 Å². The van der Waals surface area contributed by atoms with Gasteiger partial charge in [0, 0.05) is 116 Å². The van der Waals surface area contributed by atoms with E-state index >= 15 is 0 Å². The van der Waals surface area contributed by atoms with Crippen LogP contribution in [0.4, 0.5) is 4.79 Å². The van der Waals surface area contributed by atoms with Crippen LogP contribution in [-0.2, 0) is 241 Å². The summed E-state index contributed by atoms with van der Waals surface area (Å²) in [6.45, 7) is -5.45. The molecule has 0 radical (unpaired) electrons. The predicted octanol–water partition coefficient (Wildman–Crippen LogP) is -3.58. The highest BCUT2D eigenvalue weighted by Gasteiger charge is 2.63. The summed E-state index contributed by atoms with van der Waals surface area (Å²) in [6, 6.07) is -0.597. The van der Waals surface area contributed by atoms with E-state index in [-0.39, 0.29) is 93.0 Å². The molecule has 12 N–H and O–H groups in total. The Morgan fingerprint density at radius 1 is 0.370 bits per heavy atom. The Morgan fingerprint density at radius 2 is 0.674 bits per heavy atom. The zero-order valence-corrected chi connectivity index (χ0v) is 82.2. The first-order chi connectivity index (χ1) is 65.9. The number of hydrogen-bond donors (Lipinski definition) is 12. The third-order valence-electron chi connectivity index (χ3n) is 22.4. The van der Waals surface area contributed by atoms with Crippen LogP contribution in [-0.4, -0.2) is 467 Å². The molecule has 9 heterocycles. The van der Waals surface area contributed by atoms with Gasteiger partial charge in [0.05, 0.1) is 51.7 Å². The first-order valence-electron chi connectivity index (χ1n) is 40.6. The van der Waals surface area contributed by atoms with E-state index in [1.165, 1.54) is 78.2 Å². The molecule has 9 aliphatic heterocycles. The van der Waals surface area contributed by atoms with E-state index in [2.05, 4.69) is 61.8 Å². The largest absolute Gasteiger partial charge is 0.397 e. The maximum Gasteiger partial charge on any atom is 0.397 e. The number of aliphatic hydroxyl groups is 1. The highest BCUT2D eigenvalue weighted by Crippen LogP contribution is 2.45. The van der Waals surface area contributed by atoms with Crippen molar-refractivity contribution in [3.63, 3.8) is 0 Å². The molecular formula is C65H113N3O61S9. The minimum Gasteiger partial charge on any atom is -0.382 e. The number of nitrogens with one attached hydrogen (secondary N) is 3. The molecule has 9 aliphatic rings. The molecule has 0 bridgehead atoms. The lowest BCUT2D eigenvalue weighted by Gasteiger charge is -2.52. The number of unbranched alkanes of at least 4 members (excludes halogenated alkanes) is 1. The average molecular weight is 2200 g/mol. The van der Waals surface area contributed by atoms with Crippen LogP contribution in [0.5, 0.6) is 0 Å². The number of carbonyl (C=O) groups is 2. The van der Waals surface area contributed by atoms with E-state index < -0.39 is 301 Å². The summed E-state index contributed by atoms with van der Waals surface area (Å²) >= 11 is 0.320. The second kappa shape index (κ2) is 58.4. The topological polar surface area (TPSA) is 777 Å². The van der Waals surface area contributed by atoms with Crippen molar-refractivity contribution < 1.29 is 282 Å². The number of ether oxygens (including phenoxy) is 26. The molecule has 9 saturated heterocycles. The maximum atomic E-state index is 14.3. The zero-order valence-electron chi connectivity index (χ0n) is 74.9. The minimum atomic E-state index is -6.01. The standard InChI is InChI=1S/C65H113N3O61S9/c1-88-19-28-38(46(93-6)53(98-11)60(106-28)113-39-29(20-89-2)107-61(54(99-12)47(39)94-7)114-40-30(21-90-3)108-62(55(100-13)48(40)95-8)115-41-31(22-101-135(76,77)78)104-58(70)51(96-9)44(41)91-4)112-59-52(97-10)45(92-5)37(27(105-59)18-66-35(69)17-15-14-16-34-36-26(25-130-34)67-65(71)68-36)111-64-57(121-138(85,86)87)49(118-132-127-123-73)42(32(109-64)23-102-136(79,80)81)116-63-56(120-134-129-125-75)50(119-133-128-124-74)43(117-131-126-122-72)33(110-63)24-103-137(82,83)84/h26-34,36-64,70,72-75H,14-25H2,1-13H3,(H,66,69)(H2,67,68,71)(H,76,77,78)(H,79,80,81)(H,82,83,84)(H,85,86,87)/t26?,27?,28?,29-,30-,31?,32-,33-,34?,36?,37+,38+,39+,40+,41+,42+,43+,44-,45-,46-,47?,48?,49?,50?,51?,52?,53?,54?,55?,56?,57?,58+,59+,60-,61+,62-,63+,64-/m0/s1. The van der Waals surface area contributed by atoms with Gasteiger partial charge in [0.15, 0.2) is 106 Å². The van der Waals surface area contributed by atoms with Crippen LogP contribution < -0.4 is 16.0 Å². The van der Waals surface area contributed by atoms with Crippen LogP contribution in [0.3, 0.4) is 0 Å². The monoisotopic (exact) mass is 2200 g/mol. The molecule has 0 saturated carbocycles. The third-order valence-corrected chi connectivity index (χ3v) is 27.4. The van der Waals surface area contributed by atoms with Crippen LogP contribution in [0, 0.1) is 0 Å². The van der Waals surface area contributed by atoms with Gasteiger partial charge < -0.3 is 144 Å². The van der Waals surface area contributed by atoms with Gasteiger partial charge >= 0.3 is 47.6 Å². The maximum absolute atomic E-state index is 14.3. The van der Waals surface area contributed by atoms with Gasteiger partial charge in [0.2, 0.25) is 5.91 Å². The van der Waals surface area contributed by atoms with E-state index in [0.29, 0.717) is 18.6 Å². The van der Waals surface area contributed by atoms with Crippen molar-refractivity contribution in [1.29, 1.82) is 0 Å². The molecule has 0 aliphatic carbocycles. The van der Waals surface area contributed by atoms with Crippen LogP contribution in [0.1, 0.15) is 25.7 Å². The number of carbonyl (C=O) groups excluding carboxylic acids is 2. The van der Waals surface area contributed by atoms with Crippen molar-refractivity contribution in [1.82, 2.24) is 16.0 Å². The van der Waals surface area contributed by atoms with Crippen LogP contribution in [0.2, 0.25) is 0 Å². The molecule has 138 heavy (non-hydrogen) atoms. The molecule has 0 aromatic rings. The van der Waals surface area contributed by atoms with Crippen LogP contribution in [0.25, 0.3) is 0 Å². The molecule has 17 unspecified atom stereocenters. The van der Waals surface area contributed by atoms with E-state index in [0.717, 1.165) is 14.2 Å². The number of fused-ring (bicyclic) bond motifs is 1. The number of hydrogen-bond acceptors (Lipinski definition) is 62. The lowest BCUT2D eigenvalue weighted by atomic mass is 9.94. The summed E-state index contributed by atoms with van der Waals surface area (Å²) in [5, 5.41) is 70.6. The first-order valence-corrected chi connectivity index (χ1v) is 49.7. The Labute approximate surface area is 810 Å². The van der Waals surface area contributed by atoms with Crippen molar-refractivity contribution in [2.24, 2.45) is 0 Å². The second-order valence-corrected chi connectivity index (χ2v) is 37.6. The second-order valence-electron chi connectivity index (χ2n) is 30.2. The van der Waals surface area contributed by atoms with Crippen molar-refractivity contribution in [3.05, 3.63) is 0 Å². The van der Waals surface area contributed by atoms with E-state index in [1.54, 1.807) is 11.8 Å². The van der Waals surface area contributed by atoms with Gasteiger partial charge in [-0.1, -0.05) is 26.6 Å². The van der Waals surface area contributed by atoms with Crippen molar-refractivity contribution in [2.45, 2.75) is 258 Å². The van der Waals surface area contributed by atoms with E-state index in [1.807, 2.05) is 0 Å². The molecule has 64 nitrogen and oxygen atoms in total. The number of urea groups is 1. The predicted molar refractivity (Wildman–Crippen MR) is 441 cm³/mol. The number of methoxy groups -OCH3 is 13. The number of thioether (sulfide) groups is 1. The Balaban J connectivity index is 1.04. The Hall–Kier alpha value is -1.75. The Kier molecular flexibility index (Phi) is 50.7. The van der Waals surface area contributed by atoms with Gasteiger partial charge in [-0.15, -0.1) is 17.3 Å². The van der Waals surface area contributed by atoms with Gasteiger partial charge in [-0.2, -0.15) is 45.4 Å². The number of rotatable bonds is 62. The van der Waals surface area contributed by atoms with Gasteiger partial charge in [-0.3, -0.25) is 39.7 Å². The van der Waals surface area contributed by atoms with E-state index in [9.17, 15) is 71.8 Å². The van der Waals surface area contributed by atoms with Crippen LogP contribution in [0.15, 0.2) is 0 Å². The Morgan fingerprint density at radius 3 is 1.03 bits per heavy atom. The molecule has 3 amide bonds. The molecule has 9 fully saturated rings. The summed E-state index contributed by atoms with van der Waals surface area (Å²) in [5.41, 5.74) is 0. The van der Waals surface area contributed by atoms with Gasteiger partial charge in [-0.25, -0.2) is 42.6 Å². The van der Waals surface area contributed by atoms with Gasteiger partial charge in [-0.05, 0) is 12.8 Å². The summed E-state index contributed by atoms with van der Waals surface area (Å²) in [4.78, 5) is 26.6. The van der Waals surface area contributed by atoms with Gasteiger partial charge in [0.1, 0.15) is 159 Å². The first kappa shape index (κ1) is 120. The van der Waals surface area contributed by atoms with Crippen molar-refractivity contribution >= 4 is 115 Å². The fourth-order valence-electron chi connectivity index (χ4n) is 16.8. The average Bonchev–Trinajstić information content (AvgIpc) is 1.10. The molecule has 73 heteroatoms. The molecule has 0 aromatic carbocycles. The van der Waals surface area contributed by atoms with Crippen LogP contribution >= 0.6 is 61.1 Å². The Bertz CT molecular complexity index is 4030. The molecule has 808 valence electrons. The lowest BCUT2D eigenvalue weighted by molar-refractivity contribution is -0.437. The minimum absolute atomic E-state index is 0.00939. The summed E-state index contributed by atoms with van der Waals surface area (Å²) in [7, 11) is -5.73. The number of aliphatic hydroxyl groups excluding tert-OH is 1. The molecule has 0 aromatic heterocycles. The molecule has 38 atom stereocenters. The normalized spacial score (nSPS) is 38.3. The van der Waals surface area contributed by atoms with Crippen molar-refractivity contribution in [2.75, 3.05) is 144 Å². The fraction of sp³-hybridized carbons (Fsp3) is 0.969. The highest BCUT2D eigenvalue weighted by atomic mass is 32.3. The quantitative estimate of drug-likeness (QED) is 0.00700. The molecule has 9 rings (SSSR count). The molecular weight excluding hydrogens is 2090 g/mol. The highest BCUT2D eigenvalue weighted by molar-refractivity contribution is 8.00. The summed E-state index contributed by atoms with van der Waals surface area (Å²) < 4.78 is 363.